The molecule has 0 heterocycles. The fraction of sp³-hybridized carbons (Fsp3) is 0.913. The van der Waals surface area contributed by atoms with Crippen LogP contribution in [0.3, 0.4) is 0 Å². The molecule has 4 aliphatic carbocycles. The monoisotopic (exact) mass is 346 g/mol. The molecule has 3 saturated carbocycles. The van der Waals surface area contributed by atoms with Crippen molar-refractivity contribution in [1.82, 2.24) is 0 Å². The summed E-state index contributed by atoms with van der Waals surface area (Å²) in [5.41, 5.74) is 2.23. The second-order valence-electron chi connectivity index (χ2n) is 11.0. The summed E-state index contributed by atoms with van der Waals surface area (Å²) in [7, 11) is 0. The van der Waals surface area contributed by atoms with E-state index in [9.17, 15) is 5.11 Å². The third-order valence-corrected chi connectivity index (χ3v) is 8.53. The van der Waals surface area contributed by atoms with Crippen molar-refractivity contribution in [2.45, 2.75) is 104 Å². The average Bonchev–Trinajstić information content (AvgIpc) is 2.82. The Morgan fingerprint density at radius 1 is 1.04 bits per heavy atom. The molecule has 0 aromatic carbocycles. The van der Waals surface area contributed by atoms with Crippen LogP contribution < -0.4 is 0 Å². The molecule has 0 amide bonds. The maximum atomic E-state index is 10.6. The predicted molar refractivity (Wildman–Crippen MR) is 102 cm³/mol. The van der Waals surface area contributed by atoms with Gasteiger partial charge in [-0.15, -0.1) is 0 Å². The molecule has 1 N–H and O–H groups in total. The van der Waals surface area contributed by atoms with Gasteiger partial charge in [-0.05, 0) is 101 Å². The molecule has 7 atom stereocenters. The molecule has 4 aliphatic rings. The van der Waals surface area contributed by atoms with E-state index in [-0.39, 0.29) is 17.1 Å². The summed E-state index contributed by atoms with van der Waals surface area (Å²) in [6.07, 6.45) is 12.6. The van der Waals surface area contributed by atoms with Crippen LogP contribution >= 0.6 is 0 Å². The summed E-state index contributed by atoms with van der Waals surface area (Å²) >= 11 is 0. The molecule has 0 unspecified atom stereocenters. The number of hydrogen-bond acceptors (Lipinski definition) is 2. The summed E-state index contributed by atoms with van der Waals surface area (Å²) in [6.45, 7) is 11.5. The van der Waals surface area contributed by atoms with Crippen molar-refractivity contribution < 1.29 is 9.84 Å². The fourth-order valence-electron chi connectivity index (χ4n) is 7.20. The van der Waals surface area contributed by atoms with E-state index in [4.69, 9.17) is 4.74 Å². The molecule has 0 spiro atoms. The first-order chi connectivity index (χ1) is 11.6. The van der Waals surface area contributed by atoms with Crippen molar-refractivity contribution in [1.29, 1.82) is 0 Å². The highest BCUT2D eigenvalue weighted by Crippen LogP contribution is 2.64. The molecule has 0 radical (unpaired) electrons. The largest absolute Gasteiger partial charge is 0.393 e. The van der Waals surface area contributed by atoms with Crippen LogP contribution in [0, 0.1) is 28.6 Å². The van der Waals surface area contributed by atoms with Gasteiger partial charge in [0.2, 0.25) is 0 Å². The summed E-state index contributed by atoms with van der Waals surface area (Å²) in [6, 6.07) is 0. The van der Waals surface area contributed by atoms with Crippen LogP contribution in [0.4, 0.5) is 0 Å². The first kappa shape index (κ1) is 18.0. The van der Waals surface area contributed by atoms with Gasteiger partial charge in [-0.3, -0.25) is 0 Å². The van der Waals surface area contributed by atoms with E-state index in [1.165, 1.54) is 38.5 Å². The van der Waals surface area contributed by atoms with Crippen molar-refractivity contribution in [2.75, 3.05) is 0 Å². The number of fused-ring (bicyclic) bond motifs is 5. The minimum atomic E-state index is -0.0624. The van der Waals surface area contributed by atoms with Crippen LogP contribution in [0.25, 0.3) is 0 Å². The summed E-state index contributed by atoms with van der Waals surface area (Å²) in [5.74, 6) is 2.36. The van der Waals surface area contributed by atoms with E-state index in [0.717, 1.165) is 30.6 Å². The van der Waals surface area contributed by atoms with Gasteiger partial charge in [0.15, 0.2) is 0 Å². The Morgan fingerprint density at radius 3 is 2.52 bits per heavy atom. The quantitative estimate of drug-likeness (QED) is 0.636. The minimum absolute atomic E-state index is 0.0389. The predicted octanol–water partition coefficient (Wildman–Crippen LogP) is 5.49. The molecular weight excluding hydrogens is 308 g/mol. The lowest BCUT2D eigenvalue weighted by Gasteiger charge is -2.58. The average molecular weight is 347 g/mol. The lowest BCUT2D eigenvalue weighted by molar-refractivity contribution is -0.0988. The number of rotatable bonds is 1. The zero-order valence-electron chi connectivity index (χ0n) is 17.0. The zero-order valence-corrected chi connectivity index (χ0v) is 17.0. The van der Waals surface area contributed by atoms with Crippen molar-refractivity contribution in [3.63, 3.8) is 0 Å². The summed E-state index contributed by atoms with van der Waals surface area (Å²) in [5, 5.41) is 10.6. The smallest absolute Gasteiger partial charge is 0.0619 e. The van der Waals surface area contributed by atoms with Crippen LogP contribution in [-0.4, -0.2) is 22.9 Å². The molecule has 4 rings (SSSR count). The first-order valence-corrected chi connectivity index (χ1v) is 10.7. The highest BCUT2D eigenvalue weighted by molar-refractivity contribution is 5.25. The van der Waals surface area contributed by atoms with Crippen molar-refractivity contribution in [3.05, 3.63) is 11.6 Å². The van der Waals surface area contributed by atoms with Crippen LogP contribution in [0.5, 0.6) is 0 Å². The highest BCUT2D eigenvalue weighted by Gasteiger charge is 2.58. The molecule has 0 aromatic heterocycles. The highest BCUT2D eigenvalue weighted by atomic mass is 16.5. The minimum Gasteiger partial charge on any atom is -0.393 e. The van der Waals surface area contributed by atoms with E-state index in [1.54, 1.807) is 5.57 Å². The zero-order chi connectivity index (χ0) is 18.0. The summed E-state index contributed by atoms with van der Waals surface area (Å²) in [4.78, 5) is 0. The van der Waals surface area contributed by atoms with Gasteiger partial charge in [-0.1, -0.05) is 25.5 Å². The Labute approximate surface area is 154 Å². The van der Waals surface area contributed by atoms with Gasteiger partial charge in [0.05, 0.1) is 17.8 Å². The van der Waals surface area contributed by atoms with Crippen LogP contribution in [0.2, 0.25) is 0 Å². The normalized spacial score (nSPS) is 49.8. The fourth-order valence-corrected chi connectivity index (χ4v) is 7.20. The third-order valence-electron chi connectivity index (χ3n) is 8.53. The molecule has 2 heteroatoms. The summed E-state index contributed by atoms with van der Waals surface area (Å²) < 4.78 is 6.33. The molecule has 0 saturated heterocycles. The Balaban J connectivity index is 1.56. The van der Waals surface area contributed by atoms with Gasteiger partial charge in [-0.25, -0.2) is 0 Å². The number of aliphatic hydroxyl groups is 1. The van der Waals surface area contributed by atoms with Gasteiger partial charge >= 0.3 is 0 Å². The first-order valence-electron chi connectivity index (χ1n) is 10.7. The topological polar surface area (TPSA) is 29.5 Å². The maximum Gasteiger partial charge on any atom is 0.0619 e. The van der Waals surface area contributed by atoms with E-state index in [2.05, 4.69) is 40.7 Å². The van der Waals surface area contributed by atoms with Crippen LogP contribution in [0.15, 0.2) is 11.6 Å². The Bertz CT molecular complexity index is 559. The van der Waals surface area contributed by atoms with Crippen molar-refractivity contribution in [3.8, 4) is 0 Å². The van der Waals surface area contributed by atoms with Gasteiger partial charge in [0.25, 0.3) is 0 Å². The van der Waals surface area contributed by atoms with E-state index in [0.29, 0.717) is 11.5 Å². The molecule has 0 bridgehead atoms. The van der Waals surface area contributed by atoms with E-state index >= 15 is 0 Å². The lowest BCUT2D eigenvalue weighted by Crippen LogP contribution is -2.51. The second-order valence-corrected chi connectivity index (χ2v) is 11.0. The number of ether oxygens (including phenoxy) is 1. The number of hydrogen-bond donors (Lipinski definition) is 1. The van der Waals surface area contributed by atoms with Gasteiger partial charge in [-0.2, -0.15) is 0 Å². The molecule has 3 fully saturated rings. The molecule has 0 aromatic rings. The number of allylic oxidation sites excluding steroid dienone is 1. The van der Waals surface area contributed by atoms with E-state index in [1.807, 2.05) is 0 Å². The maximum absolute atomic E-state index is 10.6. The van der Waals surface area contributed by atoms with Gasteiger partial charge in [0, 0.05) is 0 Å². The van der Waals surface area contributed by atoms with Crippen molar-refractivity contribution in [2.24, 2.45) is 28.6 Å². The van der Waals surface area contributed by atoms with Crippen LogP contribution in [-0.2, 0) is 4.74 Å². The molecule has 2 nitrogen and oxygen atoms in total. The standard InChI is InChI=1S/C23H38O2/c1-21(2,3)25-16-10-12-22(4)15(14-16)6-7-17-18-8-9-20(24)23(18,5)13-11-19(17)22/h6,16-20,24H,7-14H2,1-5H3/t16-,17-,18-,19-,20-,22-,23-/m0/s1. The number of aliphatic hydroxyl groups excluding tert-OH is 1. The van der Waals surface area contributed by atoms with Crippen molar-refractivity contribution >= 4 is 0 Å². The molecule has 0 aliphatic heterocycles. The van der Waals surface area contributed by atoms with Gasteiger partial charge in [0.1, 0.15) is 0 Å². The second kappa shape index (κ2) is 5.83. The SMILES string of the molecule is CC(C)(C)O[C@H]1CC[C@@]2(C)C(=CC[C@H]3[C@@H]4CC[C@H](O)[C@@]4(C)CC[C@@H]32)C1. The van der Waals surface area contributed by atoms with E-state index < -0.39 is 0 Å². The Morgan fingerprint density at radius 2 is 1.80 bits per heavy atom. The molecule has 142 valence electrons. The van der Waals surface area contributed by atoms with Crippen LogP contribution in [0.1, 0.15) is 86.0 Å². The lowest BCUT2D eigenvalue weighted by atomic mass is 9.48. The molecular formula is C23H38O2. The van der Waals surface area contributed by atoms with Gasteiger partial charge < -0.3 is 9.84 Å². The third kappa shape index (κ3) is 2.83. The Hall–Kier alpha value is -0.340. The molecule has 25 heavy (non-hydrogen) atoms. The Kier molecular flexibility index (Phi) is 4.21.